The largest absolute Gasteiger partial charge is 0.376 e. The van der Waals surface area contributed by atoms with Crippen LogP contribution < -0.4 is 26.6 Å². The van der Waals surface area contributed by atoms with E-state index in [0.717, 1.165) is 80.6 Å². The number of piperazine rings is 1. The molecule has 2 aliphatic heterocycles. The number of fused-ring (bicyclic) bond motifs is 2. The minimum Gasteiger partial charge on any atom is -0.376 e. The van der Waals surface area contributed by atoms with Crippen LogP contribution in [0.25, 0.3) is 31.9 Å². The molecule has 0 radical (unpaired) electrons. The Kier molecular flexibility index (Phi) is 7.63. The molecule has 1 unspecified atom stereocenters. The Hall–Kier alpha value is -2.56. The van der Waals surface area contributed by atoms with Crippen molar-refractivity contribution in [3.63, 3.8) is 0 Å². The van der Waals surface area contributed by atoms with E-state index in [4.69, 9.17) is 15.7 Å². The van der Waals surface area contributed by atoms with Crippen LogP contribution in [0.2, 0.25) is 0 Å². The van der Waals surface area contributed by atoms with E-state index >= 15 is 0 Å². The fourth-order valence-corrected chi connectivity index (χ4v) is 7.61. The van der Waals surface area contributed by atoms with Crippen molar-refractivity contribution >= 4 is 43.7 Å². The van der Waals surface area contributed by atoms with Gasteiger partial charge in [0.1, 0.15) is 10.8 Å². The van der Waals surface area contributed by atoms with Crippen molar-refractivity contribution in [3.05, 3.63) is 47.0 Å². The number of pyridine rings is 1. The van der Waals surface area contributed by atoms with Gasteiger partial charge in [0.25, 0.3) is 0 Å². The maximum absolute atomic E-state index is 6.32. The van der Waals surface area contributed by atoms with Crippen molar-refractivity contribution in [2.75, 3.05) is 49.5 Å². The summed E-state index contributed by atoms with van der Waals surface area (Å²) in [5, 5.41) is 13.0. The molecule has 1 atom stereocenters. The van der Waals surface area contributed by atoms with Gasteiger partial charge in [-0.15, -0.1) is 22.7 Å². The third-order valence-corrected chi connectivity index (χ3v) is 9.90. The average Bonchev–Trinajstić information content (AvgIpc) is 3.53. The van der Waals surface area contributed by atoms with Gasteiger partial charge in [-0.2, -0.15) is 0 Å². The highest BCUT2D eigenvalue weighted by Crippen LogP contribution is 2.45. The molecule has 2 aliphatic rings. The van der Waals surface area contributed by atoms with Gasteiger partial charge in [-0.3, -0.25) is 0 Å². The Bertz CT molecular complexity index is 1390. The molecule has 1 saturated heterocycles. The second-order valence-corrected chi connectivity index (χ2v) is 12.7. The van der Waals surface area contributed by atoms with Crippen LogP contribution in [-0.2, 0) is 13.0 Å². The van der Waals surface area contributed by atoms with Crippen LogP contribution >= 0.6 is 22.7 Å². The van der Waals surface area contributed by atoms with Gasteiger partial charge in [0, 0.05) is 67.5 Å². The van der Waals surface area contributed by atoms with Crippen molar-refractivity contribution in [2.45, 2.75) is 39.3 Å². The third kappa shape index (κ3) is 5.31. The number of nitrogens with zero attached hydrogens (tertiary/aromatic N) is 3. The molecule has 3 aromatic heterocycles. The molecule has 0 bridgehead atoms. The van der Waals surface area contributed by atoms with E-state index in [0.29, 0.717) is 5.92 Å². The summed E-state index contributed by atoms with van der Waals surface area (Å²) in [4.78, 5) is 13.7. The first kappa shape index (κ1) is 25.7. The maximum atomic E-state index is 6.32. The van der Waals surface area contributed by atoms with Crippen molar-refractivity contribution < 1.29 is 0 Å². The van der Waals surface area contributed by atoms with E-state index in [1.807, 2.05) is 17.5 Å². The Morgan fingerprint density at radius 1 is 1.05 bits per heavy atom. The molecule has 1 aromatic carbocycles. The van der Waals surface area contributed by atoms with Gasteiger partial charge >= 0.3 is 0 Å². The van der Waals surface area contributed by atoms with Gasteiger partial charge in [0.05, 0.1) is 15.2 Å². The molecule has 0 aliphatic carbocycles. The molecule has 5 heterocycles. The van der Waals surface area contributed by atoms with Crippen molar-refractivity contribution in [1.29, 1.82) is 0 Å². The van der Waals surface area contributed by atoms with Gasteiger partial charge in [-0.05, 0) is 60.7 Å². The van der Waals surface area contributed by atoms with Crippen LogP contribution in [0.3, 0.4) is 0 Å². The minimum atomic E-state index is 0.212. The van der Waals surface area contributed by atoms with Gasteiger partial charge in [-0.1, -0.05) is 19.9 Å². The number of thiazole rings is 1. The van der Waals surface area contributed by atoms with E-state index < -0.39 is 0 Å². The van der Waals surface area contributed by atoms with E-state index in [9.17, 15) is 0 Å². The summed E-state index contributed by atoms with van der Waals surface area (Å²) in [6.45, 7) is 11.3. The molecule has 4 aromatic rings. The van der Waals surface area contributed by atoms with Gasteiger partial charge in [0.15, 0.2) is 0 Å². The monoisotopic (exact) mass is 547 g/mol. The van der Waals surface area contributed by atoms with Crippen molar-refractivity contribution in [1.82, 2.24) is 20.6 Å². The average molecular weight is 548 g/mol. The van der Waals surface area contributed by atoms with Crippen LogP contribution in [0.1, 0.15) is 30.7 Å². The molecular formula is C29H37N7S2. The molecule has 200 valence electrons. The number of nitrogens with two attached hydrogens (primary N) is 1. The standard InChI is InChI=1S/C29H37N7S2/c1-18(2)22(30)8-10-33-28-27(21-7-9-32-17-25(21)38-28)29-35-23-5-3-19(15-24(23)37-29)20-4-6-26(34-16-20)36-13-11-31-12-14-36/h3-6,15-16,18,22,31-33H,7-14,17,30H2,1-2H3. The number of hydrogen-bond donors (Lipinski definition) is 4. The minimum absolute atomic E-state index is 0.212. The van der Waals surface area contributed by atoms with E-state index in [2.05, 4.69) is 65.0 Å². The first-order valence-electron chi connectivity index (χ1n) is 13.7. The molecular weight excluding hydrogens is 511 g/mol. The number of anilines is 2. The Balaban J connectivity index is 1.27. The van der Waals surface area contributed by atoms with Crippen LogP contribution in [0.4, 0.5) is 10.8 Å². The zero-order valence-electron chi connectivity index (χ0n) is 22.2. The number of hydrogen-bond acceptors (Lipinski definition) is 9. The molecule has 0 saturated carbocycles. The zero-order chi connectivity index (χ0) is 26.1. The van der Waals surface area contributed by atoms with Gasteiger partial charge in [0.2, 0.25) is 0 Å². The van der Waals surface area contributed by atoms with E-state index in [1.165, 1.54) is 31.3 Å². The Morgan fingerprint density at radius 3 is 2.68 bits per heavy atom. The van der Waals surface area contributed by atoms with E-state index in [-0.39, 0.29) is 6.04 Å². The number of nitrogens with one attached hydrogen (secondary N) is 3. The lowest BCUT2D eigenvalue weighted by atomic mass is 10.0. The molecule has 7 nitrogen and oxygen atoms in total. The predicted molar refractivity (Wildman–Crippen MR) is 163 cm³/mol. The summed E-state index contributed by atoms with van der Waals surface area (Å²) in [7, 11) is 0. The summed E-state index contributed by atoms with van der Waals surface area (Å²) < 4.78 is 1.21. The predicted octanol–water partition coefficient (Wildman–Crippen LogP) is 4.93. The van der Waals surface area contributed by atoms with Gasteiger partial charge in [-0.25, -0.2) is 9.97 Å². The first-order valence-corrected chi connectivity index (χ1v) is 15.4. The van der Waals surface area contributed by atoms with Crippen LogP contribution in [0, 0.1) is 5.92 Å². The highest BCUT2D eigenvalue weighted by Gasteiger charge is 2.24. The normalized spacial score (nSPS) is 16.7. The fourth-order valence-electron chi connectivity index (χ4n) is 5.22. The summed E-state index contributed by atoms with van der Waals surface area (Å²) in [6, 6.07) is 11.2. The summed E-state index contributed by atoms with van der Waals surface area (Å²) in [5.41, 5.74) is 12.5. The number of aromatic nitrogens is 2. The van der Waals surface area contributed by atoms with Crippen LogP contribution in [-0.4, -0.2) is 55.3 Å². The summed E-state index contributed by atoms with van der Waals surface area (Å²) in [5.74, 6) is 1.55. The molecule has 5 N–H and O–H groups in total. The van der Waals surface area contributed by atoms with Crippen molar-refractivity contribution in [3.8, 4) is 21.7 Å². The van der Waals surface area contributed by atoms with Gasteiger partial charge < -0.3 is 26.6 Å². The Labute approximate surface area is 232 Å². The smallest absolute Gasteiger partial charge is 0.128 e. The molecule has 38 heavy (non-hydrogen) atoms. The lowest BCUT2D eigenvalue weighted by molar-refractivity contribution is 0.474. The number of benzene rings is 1. The highest BCUT2D eigenvalue weighted by atomic mass is 32.1. The fraction of sp³-hybridized carbons (Fsp3) is 0.448. The number of rotatable bonds is 8. The molecule has 0 amide bonds. The third-order valence-electron chi connectivity index (χ3n) is 7.67. The lowest BCUT2D eigenvalue weighted by Crippen LogP contribution is -2.43. The second-order valence-electron chi connectivity index (χ2n) is 10.6. The quantitative estimate of drug-likeness (QED) is 0.249. The van der Waals surface area contributed by atoms with E-state index in [1.54, 1.807) is 11.3 Å². The lowest BCUT2D eigenvalue weighted by Gasteiger charge is -2.28. The molecule has 0 spiro atoms. The zero-order valence-corrected chi connectivity index (χ0v) is 23.9. The maximum Gasteiger partial charge on any atom is 0.128 e. The van der Waals surface area contributed by atoms with Crippen LogP contribution in [0.5, 0.6) is 0 Å². The molecule has 9 heteroatoms. The molecule has 6 rings (SSSR count). The topological polar surface area (TPSA) is 91.1 Å². The summed E-state index contributed by atoms with van der Waals surface area (Å²) in [6.07, 6.45) is 4.01. The summed E-state index contributed by atoms with van der Waals surface area (Å²) >= 11 is 3.67. The van der Waals surface area contributed by atoms with Crippen LogP contribution in [0.15, 0.2) is 36.5 Å². The highest BCUT2D eigenvalue weighted by molar-refractivity contribution is 7.22. The Morgan fingerprint density at radius 2 is 1.89 bits per heavy atom. The first-order chi connectivity index (χ1) is 18.6. The SMILES string of the molecule is CC(C)C(N)CCNc1sc2c(c1-c1nc3ccc(-c4ccc(N5CCNCC5)nc4)cc3s1)CCNC2. The van der Waals surface area contributed by atoms with Crippen molar-refractivity contribution in [2.24, 2.45) is 11.7 Å². The number of thiophene rings is 1. The molecule has 1 fully saturated rings. The second kappa shape index (κ2) is 11.3.